The molecule has 0 atom stereocenters. The van der Waals surface area contributed by atoms with E-state index in [1.54, 1.807) is 18.5 Å². The van der Waals surface area contributed by atoms with Gasteiger partial charge in [0.1, 0.15) is 5.82 Å². The van der Waals surface area contributed by atoms with Crippen LogP contribution in [-0.2, 0) is 0 Å². The second kappa shape index (κ2) is 4.91. The smallest absolute Gasteiger partial charge is 0.168 e. The number of fused-ring (bicyclic) bond motifs is 1. The molecule has 1 saturated carbocycles. The number of anilines is 1. The fourth-order valence-corrected chi connectivity index (χ4v) is 2.41. The maximum absolute atomic E-state index is 14.0. The van der Waals surface area contributed by atoms with Crippen LogP contribution >= 0.6 is 0 Å². The third kappa shape index (κ3) is 2.48. The van der Waals surface area contributed by atoms with E-state index in [9.17, 15) is 8.78 Å². The second-order valence-corrected chi connectivity index (χ2v) is 5.95. The van der Waals surface area contributed by atoms with Crippen molar-refractivity contribution in [2.24, 2.45) is 0 Å². The molecule has 0 saturated heterocycles. The van der Waals surface area contributed by atoms with E-state index in [1.807, 2.05) is 0 Å². The van der Waals surface area contributed by atoms with Gasteiger partial charge in [0.05, 0.1) is 29.7 Å². The van der Waals surface area contributed by atoms with Gasteiger partial charge in [-0.1, -0.05) is 0 Å². The molecule has 1 fully saturated rings. The minimum Gasteiger partial charge on any atom is -0.364 e. The topological polar surface area (TPSA) is 63.6 Å². The van der Waals surface area contributed by atoms with Crippen LogP contribution in [0.4, 0.5) is 14.6 Å². The summed E-state index contributed by atoms with van der Waals surface area (Å²) in [5, 5.41) is 4.12. The van der Waals surface area contributed by atoms with E-state index in [0.717, 1.165) is 30.6 Å². The Morgan fingerprint density at radius 3 is 2.48 bits per heavy atom. The second-order valence-electron chi connectivity index (χ2n) is 5.95. The molecule has 0 radical (unpaired) electrons. The SMILES string of the molecule is CC1(Nc2nc(-c3c(F)cncc3F)nc3cnccc23)CC1. The first kappa shape index (κ1) is 13.9. The summed E-state index contributed by atoms with van der Waals surface area (Å²) >= 11 is 0. The summed E-state index contributed by atoms with van der Waals surface area (Å²) < 4.78 is 28.0. The van der Waals surface area contributed by atoms with Crippen LogP contribution < -0.4 is 5.32 Å². The van der Waals surface area contributed by atoms with Gasteiger partial charge in [0.15, 0.2) is 17.5 Å². The Morgan fingerprint density at radius 1 is 1.04 bits per heavy atom. The maximum atomic E-state index is 14.0. The Hall–Kier alpha value is -2.70. The number of nitrogens with zero attached hydrogens (tertiary/aromatic N) is 4. The molecule has 3 heterocycles. The number of hydrogen-bond acceptors (Lipinski definition) is 5. The van der Waals surface area contributed by atoms with Crippen LogP contribution in [0, 0.1) is 11.6 Å². The third-order valence-corrected chi connectivity index (χ3v) is 4.00. The molecule has 3 aromatic rings. The van der Waals surface area contributed by atoms with Crippen molar-refractivity contribution >= 4 is 16.7 Å². The zero-order valence-corrected chi connectivity index (χ0v) is 12.3. The number of pyridine rings is 2. The summed E-state index contributed by atoms with van der Waals surface area (Å²) in [5.41, 5.74) is 0.214. The van der Waals surface area contributed by atoms with Crippen molar-refractivity contribution in [3.8, 4) is 11.4 Å². The van der Waals surface area contributed by atoms with Crippen molar-refractivity contribution in [1.82, 2.24) is 19.9 Å². The maximum Gasteiger partial charge on any atom is 0.168 e. The zero-order chi connectivity index (χ0) is 16.0. The van der Waals surface area contributed by atoms with Crippen LogP contribution in [0.3, 0.4) is 0 Å². The first-order valence-electron chi connectivity index (χ1n) is 7.25. The summed E-state index contributed by atoms with van der Waals surface area (Å²) in [6, 6.07) is 1.78. The zero-order valence-electron chi connectivity index (χ0n) is 12.3. The van der Waals surface area contributed by atoms with Crippen molar-refractivity contribution in [1.29, 1.82) is 0 Å². The molecule has 7 heteroatoms. The molecular weight excluding hydrogens is 300 g/mol. The summed E-state index contributed by atoms with van der Waals surface area (Å²) in [5.74, 6) is -1.05. The normalized spacial score (nSPS) is 15.6. The Balaban J connectivity index is 1.94. The molecule has 0 unspecified atom stereocenters. The fourth-order valence-electron chi connectivity index (χ4n) is 2.41. The van der Waals surface area contributed by atoms with E-state index >= 15 is 0 Å². The molecule has 1 aliphatic carbocycles. The van der Waals surface area contributed by atoms with E-state index in [2.05, 4.69) is 32.2 Å². The lowest BCUT2D eigenvalue weighted by Crippen LogP contribution is -2.17. The molecular formula is C16H13F2N5. The van der Waals surface area contributed by atoms with Crippen LogP contribution in [0.2, 0.25) is 0 Å². The molecule has 1 aliphatic rings. The van der Waals surface area contributed by atoms with Gasteiger partial charge in [-0.3, -0.25) is 9.97 Å². The van der Waals surface area contributed by atoms with Gasteiger partial charge in [0, 0.05) is 17.1 Å². The van der Waals surface area contributed by atoms with Crippen molar-refractivity contribution < 1.29 is 8.78 Å². The summed E-state index contributed by atoms with van der Waals surface area (Å²) in [6.45, 7) is 2.08. The van der Waals surface area contributed by atoms with Crippen molar-refractivity contribution in [3.05, 3.63) is 42.5 Å². The minimum atomic E-state index is -0.795. The number of nitrogens with one attached hydrogen (secondary N) is 1. The van der Waals surface area contributed by atoms with Gasteiger partial charge in [-0.05, 0) is 25.8 Å². The molecule has 0 bridgehead atoms. The van der Waals surface area contributed by atoms with Gasteiger partial charge < -0.3 is 5.32 Å². The molecule has 23 heavy (non-hydrogen) atoms. The lowest BCUT2D eigenvalue weighted by Gasteiger charge is -2.15. The Bertz CT molecular complexity index is 888. The van der Waals surface area contributed by atoms with Gasteiger partial charge in [0.25, 0.3) is 0 Å². The quantitative estimate of drug-likeness (QED) is 0.803. The fraction of sp³-hybridized carbons (Fsp3) is 0.250. The van der Waals surface area contributed by atoms with Crippen molar-refractivity contribution in [2.75, 3.05) is 5.32 Å². The lowest BCUT2D eigenvalue weighted by molar-refractivity contribution is 0.577. The Labute approximate surface area is 130 Å². The van der Waals surface area contributed by atoms with Gasteiger partial charge in [-0.15, -0.1) is 0 Å². The molecule has 1 N–H and O–H groups in total. The number of hydrogen-bond donors (Lipinski definition) is 1. The van der Waals surface area contributed by atoms with Crippen LogP contribution in [0.25, 0.3) is 22.3 Å². The first-order valence-corrected chi connectivity index (χ1v) is 7.25. The van der Waals surface area contributed by atoms with E-state index in [4.69, 9.17) is 0 Å². The summed E-state index contributed by atoms with van der Waals surface area (Å²) in [4.78, 5) is 16.1. The van der Waals surface area contributed by atoms with Gasteiger partial charge in [-0.25, -0.2) is 18.7 Å². The van der Waals surface area contributed by atoms with E-state index in [0.29, 0.717) is 11.3 Å². The molecule has 3 aromatic heterocycles. The predicted octanol–water partition coefficient (Wildman–Crippen LogP) is 3.33. The predicted molar refractivity (Wildman–Crippen MR) is 81.7 cm³/mol. The molecule has 0 aliphatic heterocycles. The van der Waals surface area contributed by atoms with Crippen molar-refractivity contribution in [3.63, 3.8) is 0 Å². The number of halogens is 2. The standard InChI is InChI=1S/C16H13F2N5/c1-16(3-4-16)23-14-9-2-5-19-8-12(9)21-15(22-14)13-10(17)6-20-7-11(13)18/h2,5-8H,3-4H2,1H3,(H,21,22,23). The van der Waals surface area contributed by atoms with Crippen LogP contribution in [0.1, 0.15) is 19.8 Å². The number of aromatic nitrogens is 4. The van der Waals surface area contributed by atoms with Crippen LogP contribution in [0.15, 0.2) is 30.9 Å². The highest BCUT2D eigenvalue weighted by atomic mass is 19.1. The number of rotatable bonds is 3. The van der Waals surface area contributed by atoms with E-state index < -0.39 is 11.6 Å². The highest BCUT2D eigenvalue weighted by Gasteiger charge is 2.38. The molecule has 0 aromatic carbocycles. The van der Waals surface area contributed by atoms with Crippen LogP contribution in [-0.4, -0.2) is 25.5 Å². The largest absolute Gasteiger partial charge is 0.364 e. The van der Waals surface area contributed by atoms with Gasteiger partial charge in [-0.2, -0.15) is 0 Å². The van der Waals surface area contributed by atoms with E-state index in [-0.39, 0.29) is 16.9 Å². The third-order valence-electron chi connectivity index (χ3n) is 4.00. The monoisotopic (exact) mass is 313 g/mol. The average Bonchev–Trinajstić information content (AvgIpc) is 3.24. The lowest BCUT2D eigenvalue weighted by atomic mass is 10.2. The van der Waals surface area contributed by atoms with Gasteiger partial charge in [0.2, 0.25) is 0 Å². The Kier molecular flexibility index (Phi) is 2.97. The van der Waals surface area contributed by atoms with E-state index in [1.165, 1.54) is 0 Å². The molecule has 4 rings (SSSR count). The average molecular weight is 313 g/mol. The van der Waals surface area contributed by atoms with Crippen molar-refractivity contribution in [2.45, 2.75) is 25.3 Å². The van der Waals surface area contributed by atoms with Crippen LogP contribution in [0.5, 0.6) is 0 Å². The highest BCUT2D eigenvalue weighted by molar-refractivity contribution is 5.90. The minimum absolute atomic E-state index is 0.0188. The Morgan fingerprint density at radius 2 is 1.78 bits per heavy atom. The highest BCUT2D eigenvalue weighted by Crippen LogP contribution is 2.39. The first-order chi connectivity index (χ1) is 11.1. The summed E-state index contributed by atoms with van der Waals surface area (Å²) in [7, 11) is 0. The molecule has 0 spiro atoms. The molecule has 116 valence electrons. The van der Waals surface area contributed by atoms with Gasteiger partial charge >= 0.3 is 0 Å². The molecule has 5 nitrogen and oxygen atoms in total. The molecule has 0 amide bonds. The summed E-state index contributed by atoms with van der Waals surface area (Å²) in [6.07, 6.45) is 7.14.